The lowest BCUT2D eigenvalue weighted by atomic mass is 10.2. The van der Waals surface area contributed by atoms with Gasteiger partial charge in [-0.1, -0.05) is 11.6 Å². The summed E-state index contributed by atoms with van der Waals surface area (Å²) in [5.74, 6) is -0.221. The van der Waals surface area contributed by atoms with Crippen LogP contribution in [0.2, 0.25) is 5.02 Å². The fourth-order valence-corrected chi connectivity index (χ4v) is 2.10. The molecule has 0 atom stereocenters. The van der Waals surface area contributed by atoms with E-state index in [0.29, 0.717) is 16.3 Å². The second-order valence-corrected chi connectivity index (χ2v) is 5.41. The van der Waals surface area contributed by atoms with E-state index in [-0.39, 0.29) is 12.5 Å². The van der Waals surface area contributed by atoms with Gasteiger partial charge in [-0.2, -0.15) is 9.83 Å². The maximum Gasteiger partial charge on any atom is 0.290 e. The van der Waals surface area contributed by atoms with E-state index in [2.05, 4.69) is 5.32 Å². The summed E-state index contributed by atoms with van der Waals surface area (Å²) in [5.41, 5.74) is 1.86. The van der Waals surface area contributed by atoms with E-state index in [1.54, 1.807) is 22.8 Å². The van der Waals surface area contributed by atoms with Crippen LogP contribution >= 0.6 is 11.6 Å². The highest BCUT2D eigenvalue weighted by atomic mass is 35.5. The minimum Gasteiger partial charge on any atom is -0.377 e. The van der Waals surface area contributed by atoms with Crippen molar-refractivity contribution in [2.45, 2.75) is 6.54 Å². The number of anilines is 2. The van der Waals surface area contributed by atoms with Gasteiger partial charge in [-0.25, -0.2) is 0 Å². The van der Waals surface area contributed by atoms with Gasteiger partial charge >= 0.3 is 0 Å². The summed E-state index contributed by atoms with van der Waals surface area (Å²) in [5, 5.41) is 12.2. The van der Waals surface area contributed by atoms with Crippen molar-refractivity contribution in [3.63, 3.8) is 0 Å². The summed E-state index contributed by atoms with van der Waals surface area (Å²) in [6, 6.07) is 10.6. The van der Waals surface area contributed by atoms with Crippen LogP contribution in [0.4, 0.5) is 11.4 Å². The zero-order valence-electron chi connectivity index (χ0n) is 12.4. The molecule has 0 aliphatic rings. The summed E-state index contributed by atoms with van der Waals surface area (Å²) in [6.07, 6.45) is 3.66. The Kier molecular flexibility index (Phi) is 4.97. The lowest BCUT2D eigenvalue weighted by Gasteiger charge is -2.10. The Morgan fingerprint density at radius 3 is 2.59 bits per heavy atom. The zero-order valence-corrected chi connectivity index (χ0v) is 13.1. The van der Waals surface area contributed by atoms with Gasteiger partial charge in [-0.05, 0) is 18.2 Å². The van der Waals surface area contributed by atoms with Crippen LogP contribution in [0.3, 0.4) is 0 Å². The lowest BCUT2D eigenvalue weighted by molar-refractivity contribution is -0.684. The third-order valence-electron chi connectivity index (χ3n) is 3.09. The predicted octanol–water partition coefficient (Wildman–Crippen LogP) is 2.20. The molecule has 0 fully saturated rings. The van der Waals surface area contributed by atoms with Crippen LogP contribution in [0.25, 0.3) is 0 Å². The molecular weight excluding hydrogens is 300 g/mol. The van der Waals surface area contributed by atoms with Crippen LogP contribution in [0.15, 0.2) is 42.7 Å². The molecule has 0 saturated heterocycles. The van der Waals surface area contributed by atoms with Gasteiger partial charge in [0, 0.05) is 36.9 Å². The number of nitrogens with zero attached hydrogens (tertiary/aromatic N) is 3. The SMILES string of the molecule is CN(C)c1cc[n+](CC(=O)Nc2cc(Cl)ccc2C#N)cc1. The van der Waals surface area contributed by atoms with Crippen molar-refractivity contribution < 1.29 is 9.36 Å². The number of aromatic nitrogens is 1. The molecule has 1 aromatic carbocycles. The zero-order chi connectivity index (χ0) is 16.1. The van der Waals surface area contributed by atoms with Crippen molar-refractivity contribution in [3.05, 3.63) is 53.3 Å². The lowest BCUT2D eigenvalue weighted by Crippen LogP contribution is -2.39. The first-order valence-corrected chi connectivity index (χ1v) is 7.03. The van der Waals surface area contributed by atoms with Gasteiger partial charge in [0.15, 0.2) is 12.4 Å². The number of carbonyl (C=O) groups is 1. The van der Waals surface area contributed by atoms with E-state index in [9.17, 15) is 4.79 Å². The molecule has 0 saturated carbocycles. The van der Waals surface area contributed by atoms with E-state index in [0.717, 1.165) is 5.69 Å². The van der Waals surface area contributed by atoms with Crippen LogP contribution in [0, 0.1) is 11.3 Å². The van der Waals surface area contributed by atoms with Gasteiger partial charge in [0.05, 0.1) is 11.3 Å². The predicted molar refractivity (Wildman–Crippen MR) is 85.8 cm³/mol. The molecule has 2 rings (SSSR count). The van der Waals surface area contributed by atoms with E-state index >= 15 is 0 Å². The minimum absolute atomic E-state index is 0.158. The number of benzene rings is 1. The fourth-order valence-electron chi connectivity index (χ4n) is 1.93. The standard InChI is InChI=1S/C16H15ClN4O/c1-20(2)14-5-7-21(8-6-14)11-16(22)19-15-9-13(17)4-3-12(15)10-18/h3-9H,11H2,1-2H3/p+1. The van der Waals surface area contributed by atoms with Gasteiger partial charge < -0.3 is 10.2 Å². The monoisotopic (exact) mass is 315 g/mol. The number of nitriles is 1. The van der Waals surface area contributed by atoms with E-state index < -0.39 is 0 Å². The van der Waals surface area contributed by atoms with Crippen molar-refractivity contribution in [2.75, 3.05) is 24.3 Å². The van der Waals surface area contributed by atoms with Crippen LogP contribution in [-0.2, 0) is 11.3 Å². The van der Waals surface area contributed by atoms with Crippen LogP contribution < -0.4 is 14.8 Å². The summed E-state index contributed by atoms with van der Waals surface area (Å²) < 4.78 is 1.76. The third kappa shape index (κ3) is 3.96. The molecule has 6 heteroatoms. The maximum atomic E-state index is 12.1. The maximum absolute atomic E-state index is 12.1. The largest absolute Gasteiger partial charge is 0.377 e. The van der Waals surface area contributed by atoms with Crippen molar-refractivity contribution in [1.82, 2.24) is 0 Å². The number of hydrogen-bond donors (Lipinski definition) is 1. The van der Waals surface area contributed by atoms with E-state index in [1.165, 1.54) is 0 Å². The van der Waals surface area contributed by atoms with Crippen molar-refractivity contribution >= 4 is 28.9 Å². The highest BCUT2D eigenvalue weighted by molar-refractivity contribution is 6.31. The highest BCUT2D eigenvalue weighted by Gasteiger charge is 2.12. The van der Waals surface area contributed by atoms with Crippen molar-refractivity contribution in [1.29, 1.82) is 5.26 Å². The summed E-state index contributed by atoms with van der Waals surface area (Å²) >= 11 is 5.89. The normalized spacial score (nSPS) is 9.91. The number of carbonyl (C=O) groups excluding carboxylic acids is 1. The first-order chi connectivity index (χ1) is 10.5. The van der Waals surface area contributed by atoms with Gasteiger partial charge in [-0.15, -0.1) is 0 Å². The Morgan fingerprint density at radius 1 is 1.32 bits per heavy atom. The molecule has 1 aromatic heterocycles. The number of nitrogens with one attached hydrogen (secondary N) is 1. The molecule has 1 N–H and O–H groups in total. The van der Waals surface area contributed by atoms with Gasteiger partial charge in [-0.3, -0.25) is 4.79 Å². The third-order valence-corrected chi connectivity index (χ3v) is 3.33. The fraction of sp³-hybridized carbons (Fsp3) is 0.188. The Hall–Kier alpha value is -2.58. The molecule has 2 aromatic rings. The number of rotatable bonds is 4. The van der Waals surface area contributed by atoms with Crippen molar-refractivity contribution in [2.24, 2.45) is 0 Å². The molecule has 22 heavy (non-hydrogen) atoms. The number of hydrogen-bond acceptors (Lipinski definition) is 3. The first-order valence-electron chi connectivity index (χ1n) is 6.65. The highest BCUT2D eigenvalue weighted by Crippen LogP contribution is 2.20. The van der Waals surface area contributed by atoms with Gasteiger partial charge in [0.25, 0.3) is 5.91 Å². The molecule has 0 radical (unpaired) electrons. The summed E-state index contributed by atoms with van der Waals surface area (Å²) in [7, 11) is 3.91. The van der Waals surface area contributed by atoms with Crippen LogP contribution in [0.1, 0.15) is 5.56 Å². The molecule has 112 valence electrons. The number of amides is 1. The van der Waals surface area contributed by atoms with Crippen LogP contribution in [0.5, 0.6) is 0 Å². The Morgan fingerprint density at radius 2 is 2.00 bits per heavy atom. The molecule has 0 bridgehead atoms. The first kappa shape index (κ1) is 15.8. The smallest absolute Gasteiger partial charge is 0.290 e. The minimum atomic E-state index is -0.221. The topological polar surface area (TPSA) is 60.0 Å². The van der Waals surface area contributed by atoms with E-state index in [1.807, 2.05) is 49.6 Å². The molecule has 1 amide bonds. The molecule has 1 heterocycles. The van der Waals surface area contributed by atoms with Crippen molar-refractivity contribution in [3.8, 4) is 6.07 Å². The summed E-state index contributed by atoms with van der Waals surface area (Å²) in [4.78, 5) is 14.1. The second kappa shape index (κ2) is 6.92. The van der Waals surface area contributed by atoms with Gasteiger partial charge in [0.2, 0.25) is 6.54 Å². The molecule has 0 unspecified atom stereocenters. The van der Waals surface area contributed by atoms with E-state index in [4.69, 9.17) is 16.9 Å². The Balaban J connectivity index is 2.07. The summed E-state index contributed by atoms with van der Waals surface area (Å²) in [6.45, 7) is 0.158. The molecule has 0 aliphatic heterocycles. The second-order valence-electron chi connectivity index (χ2n) is 4.97. The molecule has 5 nitrogen and oxygen atoms in total. The van der Waals surface area contributed by atoms with Gasteiger partial charge in [0.1, 0.15) is 6.07 Å². The Bertz CT molecular complexity index is 720. The molecule has 0 aliphatic carbocycles. The van der Waals surface area contributed by atoms with Crippen LogP contribution in [-0.4, -0.2) is 20.0 Å². The quantitative estimate of drug-likeness (QED) is 0.880. The molecular formula is C16H16ClN4O+. The number of pyridine rings is 1. The Labute approximate surface area is 134 Å². The average molecular weight is 316 g/mol. The average Bonchev–Trinajstić information content (AvgIpc) is 2.48. The molecule has 0 spiro atoms. The number of halogens is 1.